The lowest BCUT2D eigenvalue weighted by atomic mass is 10.9. The van der Waals surface area contributed by atoms with E-state index in [4.69, 9.17) is 27.6 Å². The molecule has 0 saturated carbocycles. The summed E-state index contributed by atoms with van der Waals surface area (Å²) in [6.07, 6.45) is 0. The Hall–Kier alpha value is 0.497. The van der Waals surface area contributed by atoms with Crippen molar-refractivity contribution in [1.29, 1.82) is 0 Å². The molecule has 0 aromatic carbocycles. The standard InChI is InChI=1S/C4H8Cl2OSi/c1-2-8-7-3-4(5)6/h2,4H,1,3,8H2. The summed E-state index contributed by atoms with van der Waals surface area (Å²) >= 11 is 10.7. The van der Waals surface area contributed by atoms with Crippen molar-refractivity contribution in [3.8, 4) is 0 Å². The first-order valence-corrected chi connectivity index (χ1v) is 4.51. The molecule has 4 heteroatoms. The van der Waals surface area contributed by atoms with Gasteiger partial charge in [-0.25, -0.2) is 0 Å². The Bertz CT molecular complexity index is 67.1. The predicted molar refractivity (Wildman–Crippen MR) is 40.2 cm³/mol. The van der Waals surface area contributed by atoms with E-state index in [9.17, 15) is 0 Å². The second-order valence-corrected chi connectivity index (χ2v) is 3.81. The van der Waals surface area contributed by atoms with Crippen LogP contribution in [0.2, 0.25) is 0 Å². The van der Waals surface area contributed by atoms with Crippen molar-refractivity contribution in [2.45, 2.75) is 4.84 Å². The molecule has 0 atom stereocenters. The fourth-order valence-corrected chi connectivity index (χ4v) is 1.26. The highest BCUT2D eigenvalue weighted by Crippen LogP contribution is 1.99. The summed E-state index contributed by atoms with van der Waals surface area (Å²) in [5.74, 6) is 0. The highest BCUT2D eigenvalue weighted by atomic mass is 35.5. The van der Waals surface area contributed by atoms with Crippen LogP contribution >= 0.6 is 23.2 Å². The van der Waals surface area contributed by atoms with E-state index in [0.717, 1.165) is 0 Å². The van der Waals surface area contributed by atoms with E-state index in [1.165, 1.54) is 0 Å². The van der Waals surface area contributed by atoms with Gasteiger partial charge in [-0.3, -0.25) is 0 Å². The van der Waals surface area contributed by atoms with E-state index in [2.05, 4.69) is 6.58 Å². The lowest BCUT2D eigenvalue weighted by Crippen LogP contribution is -2.03. The Balaban J connectivity index is 2.81. The zero-order valence-corrected chi connectivity index (χ0v) is 7.37. The van der Waals surface area contributed by atoms with Crippen LogP contribution in [0.5, 0.6) is 0 Å². The zero-order chi connectivity index (χ0) is 6.41. The van der Waals surface area contributed by atoms with Crippen LogP contribution in [0.1, 0.15) is 0 Å². The van der Waals surface area contributed by atoms with Crippen LogP contribution in [0.3, 0.4) is 0 Å². The van der Waals surface area contributed by atoms with Crippen molar-refractivity contribution in [3.05, 3.63) is 12.3 Å². The summed E-state index contributed by atoms with van der Waals surface area (Å²) < 4.78 is 5.00. The van der Waals surface area contributed by atoms with Crippen molar-refractivity contribution >= 4 is 33.0 Å². The second kappa shape index (κ2) is 5.63. The summed E-state index contributed by atoms with van der Waals surface area (Å²) in [4.78, 5) is -0.387. The average molecular weight is 171 g/mol. The van der Waals surface area contributed by atoms with Crippen molar-refractivity contribution in [3.63, 3.8) is 0 Å². The Morgan fingerprint density at radius 1 is 1.75 bits per heavy atom. The molecule has 0 aliphatic heterocycles. The van der Waals surface area contributed by atoms with Crippen LogP contribution in [0.15, 0.2) is 12.3 Å². The lowest BCUT2D eigenvalue weighted by molar-refractivity contribution is 0.360. The molecule has 0 aliphatic rings. The van der Waals surface area contributed by atoms with E-state index >= 15 is 0 Å². The quantitative estimate of drug-likeness (QED) is 0.349. The Kier molecular flexibility index (Phi) is 5.98. The molecule has 48 valence electrons. The Morgan fingerprint density at radius 3 is 2.75 bits per heavy atom. The Labute approximate surface area is 61.6 Å². The minimum Gasteiger partial charge on any atom is -0.416 e. The maximum absolute atomic E-state index is 5.34. The van der Waals surface area contributed by atoms with Crippen LogP contribution in [0.4, 0.5) is 0 Å². The average Bonchev–Trinajstić information content (AvgIpc) is 1.66. The van der Waals surface area contributed by atoms with Gasteiger partial charge in [-0.2, -0.15) is 0 Å². The zero-order valence-electron chi connectivity index (χ0n) is 4.44. The smallest absolute Gasteiger partial charge is 0.184 e. The van der Waals surface area contributed by atoms with E-state index in [-0.39, 0.29) is 4.84 Å². The van der Waals surface area contributed by atoms with Crippen molar-refractivity contribution in [2.75, 3.05) is 6.61 Å². The third-order valence-corrected chi connectivity index (χ3v) is 1.44. The van der Waals surface area contributed by atoms with Gasteiger partial charge >= 0.3 is 0 Å². The molecule has 0 amide bonds. The number of halogens is 2. The van der Waals surface area contributed by atoms with E-state index in [1.54, 1.807) is 5.70 Å². The summed E-state index contributed by atoms with van der Waals surface area (Å²) in [5.41, 5.74) is 1.79. The lowest BCUT2D eigenvalue weighted by Gasteiger charge is -1.98. The molecule has 0 fully saturated rings. The molecule has 0 spiro atoms. The largest absolute Gasteiger partial charge is 0.416 e. The maximum Gasteiger partial charge on any atom is 0.184 e. The van der Waals surface area contributed by atoms with Crippen molar-refractivity contribution < 1.29 is 4.43 Å². The molecule has 1 nitrogen and oxygen atoms in total. The summed E-state index contributed by atoms with van der Waals surface area (Å²) in [6, 6.07) is 0. The molecule has 0 aliphatic carbocycles. The molecule has 0 aromatic rings. The van der Waals surface area contributed by atoms with Gasteiger partial charge in [0.15, 0.2) is 9.76 Å². The molecular weight excluding hydrogens is 163 g/mol. The normalized spacial score (nSPS) is 11.4. The van der Waals surface area contributed by atoms with Crippen LogP contribution in [0.25, 0.3) is 0 Å². The minimum absolute atomic E-state index is 0.387. The summed E-state index contributed by atoms with van der Waals surface area (Å²) in [5, 5.41) is 0. The highest BCUT2D eigenvalue weighted by Gasteiger charge is 1.94. The van der Waals surface area contributed by atoms with Gasteiger partial charge in [-0.05, 0) is 0 Å². The van der Waals surface area contributed by atoms with Crippen LogP contribution in [-0.4, -0.2) is 21.2 Å². The molecule has 0 saturated heterocycles. The molecular formula is C4H8Cl2OSi. The number of rotatable bonds is 4. The maximum atomic E-state index is 5.34. The van der Waals surface area contributed by atoms with E-state index < -0.39 is 9.76 Å². The first-order chi connectivity index (χ1) is 3.77. The Morgan fingerprint density at radius 2 is 2.38 bits per heavy atom. The monoisotopic (exact) mass is 170 g/mol. The predicted octanol–water partition coefficient (Wildman–Crippen LogP) is 1.03. The highest BCUT2D eigenvalue weighted by molar-refractivity contribution is 6.44. The van der Waals surface area contributed by atoms with Crippen LogP contribution in [-0.2, 0) is 4.43 Å². The van der Waals surface area contributed by atoms with E-state index in [1.807, 2.05) is 0 Å². The topological polar surface area (TPSA) is 9.23 Å². The summed E-state index contributed by atoms with van der Waals surface area (Å²) in [6.45, 7) is 3.94. The SMILES string of the molecule is C=C[SiH2]OCC(Cl)Cl. The van der Waals surface area contributed by atoms with Gasteiger partial charge in [0.1, 0.15) is 4.84 Å². The molecule has 0 aromatic heterocycles. The molecule has 0 N–H and O–H groups in total. The van der Waals surface area contributed by atoms with Gasteiger partial charge in [0.05, 0.1) is 6.61 Å². The molecule has 0 radical (unpaired) electrons. The molecule has 0 rings (SSSR count). The van der Waals surface area contributed by atoms with Gasteiger partial charge < -0.3 is 4.43 Å². The fraction of sp³-hybridized carbons (Fsp3) is 0.500. The number of alkyl halides is 2. The molecule has 8 heavy (non-hydrogen) atoms. The minimum atomic E-state index is -0.526. The first kappa shape index (κ1) is 8.50. The van der Waals surface area contributed by atoms with Gasteiger partial charge in [-0.1, -0.05) is 5.70 Å². The van der Waals surface area contributed by atoms with Gasteiger partial charge in [0, 0.05) is 0 Å². The van der Waals surface area contributed by atoms with Gasteiger partial charge in [-0.15, -0.1) is 29.8 Å². The van der Waals surface area contributed by atoms with Crippen LogP contribution in [0, 0.1) is 0 Å². The third-order valence-electron chi connectivity index (χ3n) is 0.480. The van der Waals surface area contributed by atoms with Crippen molar-refractivity contribution in [2.24, 2.45) is 0 Å². The van der Waals surface area contributed by atoms with Gasteiger partial charge in [0.25, 0.3) is 0 Å². The van der Waals surface area contributed by atoms with Gasteiger partial charge in [0.2, 0.25) is 0 Å². The molecule has 0 heterocycles. The third kappa shape index (κ3) is 6.50. The van der Waals surface area contributed by atoms with Crippen molar-refractivity contribution in [1.82, 2.24) is 0 Å². The second-order valence-electron chi connectivity index (χ2n) is 1.22. The van der Waals surface area contributed by atoms with Crippen LogP contribution < -0.4 is 0 Å². The van der Waals surface area contributed by atoms with E-state index in [0.29, 0.717) is 6.61 Å². The number of hydrogen-bond acceptors (Lipinski definition) is 1. The first-order valence-electron chi connectivity index (χ1n) is 2.24. The fourth-order valence-electron chi connectivity index (χ4n) is 0.240. The molecule has 0 unspecified atom stereocenters. The summed E-state index contributed by atoms with van der Waals surface area (Å²) in [7, 11) is -0.526. The number of hydrogen-bond donors (Lipinski definition) is 0. The molecule has 0 bridgehead atoms.